The smallest absolute Gasteiger partial charge is 0.201 e. The molecule has 5 heteroatoms. The summed E-state index contributed by atoms with van der Waals surface area (Å²) in [5, 5.41) is 0.787. The van der Waals surface area contributed by atoms with Crippen LogP contribution in [0.5, 0.6) is 0 Å². The number of aromatic amines is 1. The predicted octanol–water partition coefficient (Wildman–Crippen LogP) is 2.14. The van der Waals surface area contributed by atoms with Crippen molar-refractivity contribution in [3.8, 4) is 0 Å². The summed E-state index contributed by atoms with van der Waals surface area (Å²) in [4.78, 5) is 6.15. The van der Waals surface area contributed by atoms with Crippen LogP contribution in [-0.4, -0.2) is 9.97 Å². The third-order valence-electron chi connectivity index (χ3n) is 0.514. The van der Waals surface area contributed by atoms with Crippen LogP contribution in [0.4, 0.5) is 0 Å². The molecule has 1 heterocycles. The number of nitrogens with one attached hydrogen (secondary N) is 1. The van der Waals surface area contributed by atoms with Crippen LogP contribution >= 0.6 is 35.6 Å². The number of halogens is 3. The zero-order valence-corrected chi connectivity index (χ0v) is 6.02. The van der Waals surface area contributed by atoms with E-state index in [9.17, 15) is 0 Å². The highest BCUT2D eigenvalue weighted by Crippen LogP contribution is 2.06. The second-order valence-corrected chi connectivity index (χ2v) is 1.79. The molecule has 0 aliphatic heterocycles. The van der Waals surface area contributed by atoms with Gasteiger partial charge in [0, 0.05) is 0 Å². The van der Waals surface area contributed by atoms with Gasteiger partial charge >= 0.3 is 0 Å². The van der Waals surface area contributed by atoms with E-state index in [4.69, 9.17) is 23.2 Å². The molecule has 8 heavy (non-hydrogen) atoms. The van der Waals surface area contributed by atoms with Crippen LogP contribution in [0, 0.1) is 0 Å². The van der Waals surface area contributed by atoms with Gasteiger partial charge < -0.3 is 4.98 Å². The van der Waals surface area contributed by atoms with Crippen molar-refractivity contribution in [2.75, 3.05) is 0 Å². The van der Waals surface area contributed by atoms with E-state index in [-0.39, 0.29) is 12.4 Å². The van der Waals surface area contributed by atoms with E-state index >= 15 is 0 Å². The van der Waals surface area contributed by atoms with E-state index in [1.807, 2.05) is 0 Å². The highest BCUT2D eigenvalue weighted by Gasteiger charge is 1.88. The van der Waals surface area contributed by atoms with E-state index in [1.54, 1.807) is 0 Å². The number of nitrogens with zero attached hydrogens (tertiary/aromatic N) is 1. The molecule has 0 saturated carbocycles. The largest absolute Gasteiger partial charge is 0.320 e. The van der Waals surface area contributed by atoms with Crippen molar-refractivity contribution in [3.05, 3.63) is 16.6 Å². The Morgan fingerprint density at radius 3 is 2.25 bits per heavy atom. The fourth-order valence-corrected chi connectivity index (χ4v) is 0.614. The summed E-state index contributed by atoms with van der Waals surface area (Å²) in [6.45, 7) is 0. The van der Waals surface area contributed by atoms with E-state index in [2.05, 4.69) is 9.97 Å². The van der Waals surface area contributed by atoms with Crippen molar-refractivity contribution >= 4 is 35.6 Å². The molecule has 0 aromatic carbocycles. The van der Waals surface area contributed by atoms with Gasteiger partial charge in [-0.05, 0) is 11.6 Å². The van der Waals surface area contributed by atoms with E-state index in [0.717, 1.165) is 0 Å². The van der Waals surface area contributed by atoms with Crippen LogP contribution < -0.4 is 0 Å². The Labute approximate surface area is 62.6 Å². The minimum absolute atomic E-state index is 0. The molecule has 0 fully saturated rings. The van der Waals surface area contributed by atoms with Crippen LogP contribution in [0.2, 0.25) is 10.4 Å². The van der Waals surface area contributed by atoms with Gasteiger partial charge in [-0.1, -0.05) is 11.6 Å². The Bertz CT molecular complexity index is 145. The molecule has 1 N–H and O–H groups in total. The van der Waals surface area contributed by atoms with Crippen molar-refractivity contribution in [1.82, 2.24) is 9.97 Å². The first-order chi connectivity index (χ1) is 3.29. The first-order valence-electron chi connectivity index (χ1n) is 1.65. The van der Waals surface area contributed by atoms with Gasteiger partial charge in [0.05, 0.1) is 6.20 Å². The quantitative estimate of drug-likeness (QED) is 0.640. The molecule has 0 atom stereocenters. The normalized spacial score (nSPS) is 8.25. The summed E-state index contributed by atoms with van der Waals surface area (Å²) in [5.41, 5.74) is 0. The number of rotatable bonds is 0. The Morgan fingerprint density at radius 1 is 1.50 bits per heavy atom. The minimum Gasteiger partial charge on any atom is -0.320 e. The molecule has 2 nitrogen and oxygen atoms in total. The molecule has 46 valence electrons. The maximum atomic E-state index is 5.36. The minimum atomic E-state index is 0. The molecule has 1 aromatic rings. The lowest BCUT2D eigenvalue weighted by atomic mass is 11.0. The van der Waals surface area contributed by atoms with Crippen molar-refractivity contribution < 1.29 is 0 Å². The highest BCUT2D eigenvalue weighted by molar-refractivity contribution is 6.32. The summed E-state index contributed by atoms with van der Waals surface area (Å²) in [7, 11) is 0. The zero-order valence-electron chi connectivity index (χ0n) is 3.69. The molecule has 0 bridgehead atoms. The van der Waals surface area contributed by atoms with Crippen molar-refractivity contribution in [3.63, 3.8) is 0 Å². The molecule has 1 rings (SSSR count). The molecule has 0 unspecified atom stereocenters. The maximum absolute atomic E-state index is 5.36. The Morgan fingerprint density at radius 2 is 2.12 bits per heavy atom. The third-order valence-corrected chi connectivity index (χ3v) is 0.898. The fraction of sp³-hybridized carbons (Fsp3) is 0. The molecular weight excluding hydrogens is 170 g/mol. The van der Waals surface area contributed by atoms with Crippen molar-refractivity contribution in [2.24, 2.45) is 0 Å². The van der Waals surface area contributed by atoms with Crippen molar-refractivity contribution in [1.29, 1.82) is 0 Å². The number of aromatic nitrogens is 2. The van der Waals surface area contributed by atoms with Gasteiger partial charge in [-0.15, -0.1) is 12.4 Å². The average Bonchev–Trinajstić information content (AvgIpc) is 1.87. The van der Waals surface area contributed by atoms with E-state index in [0.29, 0.717) is 10.4 Å². The standard InChI is InChI=1S/C3H2Cl2N2.ClH/c4-2-1-6-3(5)7-2;/h1H,(H,6,7);1H. The van der Waals surface area contributed by atoms with Gasteiger partial charge in [-0.3, -0.25) is 0 Å². The summed E-state index contributed by atoms with van der Waals surface area (Å²) in [6.07, 6.45) is 1.45. The molecule has 0 saturated heterocycles. The average molecular weight is 173 g/mol. The first kappa shape index (κ1) is 8.08. The Hall–Kier alpha value is 0.0800. The SMILES string of the molecule is Cl.Clc1cnc(Cl)[nH]1. The monoisotopic (exact) mass is 172 g/mol. The lowest BCUT2D eigenvalue weighted by Gasteiger charge is -1.69. The molecule has 0 aliphatic carbocycles. The lowest BCUT2D eigenvalue weighted by molar-refractivity contribution is 1.31. The second kappa shape index (κ2) is 3.17. The van der Waals surface area contributed by atoms with Gasteiger partial charge in [-0.2, -0.15) is 0 Å². The number of hydrogen-bond acceptors (Lipinski definition) is 1. The molecule has 0 aliphatic rings. The van der Waals surface area contributed by atoms with Crippen LogP contribution in [0.15, 0.2) is 6.20 Å². The van der Waals surface area contributed by atoms with Gasteiger partial charge in [-0.25, -0.2) is 4.98 Å². The molecule has 0 radical (unpaired) electrons. The van der Waals surface area contributed by atoms with Gasteiger partial charge in [0.1, 0.15) is 5.15 Å². The number of hydrogen-bond donors (Lipinski definition) is 1. The highest BCUT2D eigenvalue weighted by atomic mass is 35.5. The van der Waals surface area contributed by atoms with Crippen LogP contribution in [0.1, 0.15) is 0 Å². The Balaban J connectivity index is 0.000000490. The fourth-order valence-electron chi connectivity index (χ4n) is 0.276. The summed E-state index contributed by atoms with van der Waals surface area (Å²) in [5.74, 6) is 0. The van der Waals surface area contributed by atoms with Crippen molar-refractivity contribution in [2.45, 2.75) is 0 Å². The number of H-pyrrole nitrogens is 1. The molecule has 1 aromatic heterocycles. The Kier molecular flexibility index (Phi) is 3.21. The first-order valence-corrected chi connectivity index (χ1v) is 2.40. The van der Waals surface area contributed by atoms with Gasteiger partial charge in [0.15, 0.2) is 0 Å². The number of imidazole rings is 1. The van der Waals surface area contributed by atoms with Crippen LogP contribution in [-0.2, 0) is 0 Å². The van der Waals surface area contributed by atoms with Gasteiger partial charge in [0.25, 0.3) is 0 Å². The predicted molar refractivity (Wildman–Crippen MR) is 35.9 cm³/mol. The zero-order chi connectivity index (χ0) is 5.28. The van der Waals surface area contributed by atoms with Gasteiger partial charge in [0.2, 0.25) is 5.28 Å². The lowest BCUT2D eigenvalue weighted by Crippen LogP contribution is -1.58. The molecular formula is C3H3Cl3N2. The summed E-state index contributed by atoms with van der Waals surface area (Å²) >= 11 is 10.7. The van der Waals surface area contributed by atoms with Crippen LogP contribution in [0.25, 0.3) is 0 Å². The summed E-state index contributed by atoms with van der Waals surface area (Å²) in [6, 6.07) is 0. The maximum Gasteiger partial charge on any atom is 0.201 e. The van der Waals surface area contributed by atoms with E-state index in [1.165, 1.54) is 6.20 Å². The second-order valence-electron chi connectivity index (χ2n) is 1.02. The topological polar surface area (TPSA) is 28.7 Å². The molecule has 0 amide bonds. The third kappa shape index (κ3) is 1.90. The molecule has 0 spiro atoms. The van der Waals surface area contributed by atoms with Crippen LogP contribution in [0.3, 0.4) is 0 Å². The summed E-state index contributed by atoms with van der Waals surface area (Å²) < 4.78 is 0. The van der Waals surface area contributed by atoms with E-state index < -0.39 is 0 Å².